The molecule has 0 aliphatic heterocycles. The molecule has 0 radical (unpaired) electrons. The molecule has 18 nitrogen and oxygen atoms in total. The Bertz CT molecular complexity index is 2420. The molecule has 57 heavy (non-hydrogen) atoms. The van der Waals surface area contributed by atoms with Gasteiger partial charge in [-0.2, -0.15) is 5.26 Å². The second kappa shape index (κ2) is 21.2. The van der Waals surface area contributed by atoms with E-state index in [0.717, 1.165) is 11.1 Å². The van der Waals surface area contributed by atoms with E-state index in [1.54, 1.807) is 48.5 Å². The summed E-state index contributed by atoms with van der Waals surface area (Å²) in [5.41, 5.74) is 9.13. The number of hydrogen-bond donors (Lipinski definition) is 6. The molecule has 0 atom stereocenters. The Hall–Kier alpha value is -7.02. The SMILES string of the molecule is N#Cc1cccc(-c2nnc(CCC(=O)O)s2)c1.N/C(=N\O)c1cccc(-c2nnc(CCC(=O)O)s2)c1.O=C(O)CCc1nnc(-c2cccc(C(=O)O)c2)s1. The molecule has 0 unspecified atom stereocenters. The summed E-state index contributed by atoms with van der Waals surface area (Å²) in [6.07, 6.45) is 1.14. The first kappa shape index (κ1) is 42.7. The Morgan fingerprint density at radius 1 is 0.596 bits per heavy atom. The molecule has 6 aromatic rings. The first-order valence-corrected chi connectivity index (χ1v) is 18.8. The normalized spacial score (nSPS) is 10.6. The predicted octanol–water partition coefficient (Wildman–Crippen LogP) is 5.33. The van der Waals surface area contributed by atoms with Gasteiger partial charge in [0, 0.05) is 41.5 Å². The van der Waals surface area contributed by atoms with E-state index in [2.05, 4.69) is 41.8 Å². The Kier molecular flexibility index (Phi) is 15.9. The van der Waals surface area contributed by atoms with Gasteiger partial charge >= 0.3 is 23.9 Å². The van der Waals surface area contributed by atoms with Crippen LogP contribution in [-0.2, 0) is 33.6 Å². The van der Waals surface area contributed by atoms with Crippen LogP contribution in [0.3, 0.4) is 0 Å². The average molecular weight is 830 g/mol. The molecule has 3 aromatic carbocycles. The van der Waals surface area contributed by atoms with Gasteiger partial charge < -0.3 is 31.4 Å². The highest BCUT2D eigenvalue weighted by Crippen LogP contribution is 2.27. The summed E-state index contributed by atoms with van der Waals surface area (Å²) in [5, 5.41) is 82.8. The van der Waals surface area contributed by atoms with Gasteiger partial charge in [-0.1, -0.05) is 81.6 Å². The van der Waals surface area contributed by atoms with E-state index in [9.17, 15) is 19.2 Å². The van der Waals surface area contributed by atoms with Crippen molar-refractivity contribution < 1.29 is 44.8 Å². The summed E-state index contributed by atoms with van der Waals surface area (Å²) in [6, 6.07) is 22.6. The van der Waals surface area contributed by atoms with Crippen LogP contribution in [0, 0.1) is 11.3 Å². The van der Waals surface area contributed by atoms with Crippen molar-refractivity contribution in [2.45, 2.75) is 38.5 Å². The third-order valence-corrected chi connectivity index (χ3v) is 10.3. The van der Waals surface area contributed by atoms with E-state index in [4.69, 9.17) is 36.6 Å². The minimum atomic E-state index is -1.00. The van der Waals surface area contributed by atoms with Crippen LogP contribution in [0.5, 0.6) is 0 Å². The lowest BCUT2D eigenvalue weighted by Crippen LogP contribution is -2.12. The number of aliphatic carboxylic acids is 3. The lowest BCUT2D eigenvalue weighted by atomic mass is 10.1. The first-order valence-electron chi connectivity index (χ1n) is 16.4. The fourth-order valence-corrected chi connectivity index (χ4v) is 6.94. The largest absolute Gasteiger partial charge is 0.481 e. The zero-order chi connectivity index (χ0) is 41.3. The Labute approximate surface area is 334 Å². The zero-order valence-corrected chi connectivity index (χ0v) is 31.9. The van der Waals surface area contributed by atoms with Gasteiger partial charge in [-0.05, 0) is 30.3 Å². The standard InChI is InChI=1S/C12H12N4O3S.C12H9N3O2S.C12H10N2O4S/c13-11(16-19)7-2-1-3-8(6-7)12-15-14-9(20-12)4-5-10(17)18;13-7-8-2-1-3-9(6-8)12-15-14-10(18-12)4-5-11(16)17;15-10(16)5-4-9-13-14-11(19-9)7-2-1-3-8(6-7)12(17)18/h1-3,6,19H,4-5H2,(H2,13,16)(H,17,18);1-3,6H,4-5H2,(H,16,17);1-3,6H,4-5H2,(H,15,16)(H,17,18). The van der Waals surface area contributed by atoms with Gasteiger partial charge in [-0.3, -0.25) is 14.4 Å². The molecule has 0 bridgehead atoms. The average Bonchev–Trinajstić information content (AvgIpc) is 4.01. The number of nitrogens with zero attached hydrogens (tertiary/aromatic N) is 8. The van der Waals surface area contributed by atoms with Gasteiger partial charge in [-0.25, -0.2) is 4.79 Å². The smallest absolute Gasteiger partial charge is 0.335 e. The van der Waals surface area contributed by atoms with Crippen molar-refractivity contribution in [3.63, 3.8) is 0 Å². The number of nitriles is 1. The molecule has 0 spiro atoms. The van der Waals surface area contributed by atoms with Gasteiger partial charge in [0.05, 0.1) is 36.5 Å². The molecule has 0 fully saturated rings. The van der Waals surface area contributed by atoms with Crippen LogP contribution in [0.25, 0.3) is 31.7 Å². The zero-order valence-electron chi connectivity index (χ0n) is 29.4. The van der Waals surface area contributed by atoms with Crippen molar-refractivity contribution >= 4 is 63.7 Å². The number of hydrogen-bond acceptors (Lipinski definition) is 16. The maximum Gasteiger partial charge on any atom is 0.335 e. The number of carbonyl (C=O) groups is 4. The summed E-state index contributed by atoms with van der Waals surface area (Å²) in [6.45, 7) is 0. The van der Waals surface area contributed by atoms with Gasteiger partial charge in [-0.15, -0.1) is 30.6 Å². The third kappa shape index (κ3) is 13.7. The summed E-state index contributed by atoms with van der Waals surface area (Å²) >= 11 is 3.95. The van der Waals surface area contributed by atoms with E-state index in [0.29, 0.717) is 66.0 Å². The van der Waals surface area contributed by atoms with Crippen molar-refractivity contribution in [3.05, 3.63) is 105 Å². The number of carboxylic acids is 4. The predicted molar refractivity (Wildman–Crippen MR) is 208 cm³/mol. The number of amidine groups is 1. The van der Waals surface area contributed by atoms with Crippen LogP contribution in [0.2, 0.25) is 0 Å². The van der Waals surface area contributed by atoms with E-state index in [1.807, 2.05) is 12.1 Å². The highest BCUT2D eigenvalue weighted by molar-refractivity contribution is 7.15. The van der Waals surface area contributed by atoms with E-state index >= 15 is 0 Å². The second-order valence-electron chi connectivity index (χ2n) is 11.3. The number of aryl methyl sites for hydroxylation is 3. The first-order chi connectivity index (χ1) is 27.3. The summed E-state index contributed by atoms with van der Waals surface area (Å²) in [4.78, 5) is 42.3. The summed E-state index contributed by atoms with van der Waals surface area (Å²) < 4.78 is 0. The molecule has 0 saturated heterocycles. The van der Waals surface area contributed by atoms with Crippen LogP contribution in [0.4, 0.5) is 0 Å². The Morgan fingerprint density at radius 2 is 0.982 bits per heavy atom. The molecule has 0 aliphatic rings. The fraction of sp³-hybridized carbons (Fsp3) is 0.167. The van der Waals surface area contributed by atoms with Crippen LogP contribution >= 0.6 is 34.0 Å². The number of aromatic nitrogens is 6. The van der Waals surface area contributed by atoms with Crippen molar-refractivity contribution in [1.82, 2.24) is 30.6 Å². The van der Waals surface area contributed by atoms with Crippen LogP contribution in [0.1, 0.15) is 55.8 Å². The fourth-order valence-electron chi connectivity index (χ4n) is 4.43. The molecule has 0 aliphatic carbocycles. The molecule has 6 rings (SSSR count). The second-order valence-corrected chi connectivity index (χ2v) is 14.5. The van der Waals surface area contributed by atoms with Gasteiger partial charge in [0.2, 0.25) is 0 Å². The van der Waals surface area contributed by atoms with E-state index in [-0.39, 0.29) is 30.7 Å². The molecule has 7 N–H and O–H groups in total. The van der Waals surface area contributed by atoms with Gasteiger partial charge in [0.15, 0.2) is 5.84 Å². The lowest BCUT2D eigenvalue weighted by Gasteiger charge is -2.00. The Balaban J connectivity index is 0.000000190. The third-order valence-electron chi connectivity index (χ3n) is 7.17. The number of nitrogens with two attached hydrogens (primary N) is 1. The quantitative estimate of drug-likeness (QED) is 0.0350. The topological polar surface area (TPSA) is 309 Å². The van der Waals surface area contributed by atoms with Crippen LogP contribution in [0.15, 0.2) is 78.0 Å². The maximum absolute atomic E-state index is 10.9. The molecule has 0 saturated carbocycles. The van der Waals surface area contributed by atoms with Crippen molar-refractivity contribution in [2.24, 2.45) is 10.9 Å². The molecule has 21 heteroatoms. The maximum atomic E-state index is 10.9. The van der Waals surface area contributed by atoms with Crippen molar-refractivity contribution in [3.8, 4) is 37.8 Å². The minimum Gasteiger partial charge on any atom is -0.481 e. The molecule has 292 valence electrons. The number of rotatable bonds is 14. The minimum absolute atomic E-state index is 0.00377. The monoisotopic (exact) mass is 829 g/mol. The number of oxime groups is 1. The van der Waals surface area contributed by atoms with Crippen molar-refractivity contribution in [1.29, 1.82) is 5.26 Å². The van der Waals surface area contributed by atoms with Crippen LogP contribution in [-0.4, -0.2) is 85.9 Å². The molecule has 3 aromatic heterocycles. The Morgan fingerprint density at radius 3 is 1.37 bits per heavy atom. The molecule has 0 amide bonds. The van der Waals surface area contributed by atoms with Crippen molar-refractivity contribution in [2.75, 3.05) is 0 Å². The lowest BCUT2D eigenvalue weighted by molar-refractivity contribution is -0.138. The summed E-state index contributed by atoms with van der Waals surface area (Å²) in [7, 11) is 0. The van der Waals surface area contributed by atoms with E-state index < -0.39 is 23.9 Å². The molecular formula is C36H31N9O9S3. The van der Waals surface area contributed by atoms with E-state index in [1.165, 1.54) is 46.1 Å². The van der Waals surface area contributed by atoms with Crippen LogP contribution < -0.4 is 5.73 Å². The highest BCUT2D eigenvalue weighted by atomic mass is 32.1. The van der Waals surface area contributed by atoms with Gasteiger partial charge in [0.25, 0.3) is 0 Å². The molecule has 3 heterocycles. The summed E-state index contributed by atoms with van der Waals surface area (Å²) in [5.74, 6) is -3.58. The number of aromatic carboxylic acids is 1. The van der Waals surface area contributed by atoms with Gasteiger partial charge in [0.1, 0.15) is 30.0 Å². The number of carboxylic acid groups (broad SMARTS) is 4. The highest BCUT2D eigenvalue weighted by Gasteiger charge is 2.12. The number of benzene rings is 3. The molecular weight excluding hydrogens is 799 g/mol.